The molecule has 48 heavy (non-hydrogen) atoms. The summed E-state index contributed by atoms with van der Waals surface area (Å²) in [6, 6.07) is 0. The third kappa shape index (κ3) is 33.0. The average Bonchev–Trinajstić information content (AvgIpc) is 3.07. The van der Waals surface area contributed by atoms with Gasteiger partial charge in [0, 0.05) is 12.8 Å². The molecule has 0 aliphatic rings. The molecular formula is C37H69O10P. The lowest BCUT2D eigenvalue weighted by Crippen LogP contribution is -2.29. The third-order valence-corrected chi connectivity index (χ3v) is 8.81. The Morgan fingerprint density at radius 3 is 1.67 bits per heavy atom. The summed E-state index contributed by atoms with van der Waals surface area (Å²) < 4.78 is 32.5. The molecule has 10 nitrogen and oxygen atoms in total. The van der Waals surface area contributed by atoms with E-state index in [0.29, 0.717) is 12.8 Å². The Labute approximate surface area is 291 Å². The zero-order valence-electron chi connectivity index (χ0n) is 30.2. The van der Waals surface area contributed by atoms with E-state index >= 15 is 0 Å². The summed E-state index contributed by atoms with van der Waals surface area (Å²) in [4.78, 5) is 34.8. The van der Waals surface area contributed by atoms with Gasteiger partial charge in [0.2, 0.25) is 0 Å². The standard InChI is InChI=1S/C37H69O10P/c1-3-5-7-9-11-13-15-16-17-19-21-23-25-27-29-37(41)47-35(33-46-48(42,43)45-31-34(39)30-38)32-44-36(40)28-26-24-22-20-18-14-12-10-8-6-4-2/h9,11,15-16,34-35,38-39H,3-8,10,12-14,17-33H2,1-2H3,(H,42,43)/b11-9-,16-15-. The molecule has 3 N–H and O–H groups in total. The summed E-state index contributed by atoms with van der Waals surface area (Å²) in [5.41, 5.74) is 0. The number of allylic oxidation sites excluding steroid dienone is 4. The molecule has 0 aromatic rings. The molecular weight excluding hydrogens is 635 g/mol. The number of carbonyl (C=O) groups is 2. The molecule has 282 valence electrons. The summed E-state index contributed by atoms with van der Waals surface area (Å²) >= 11 is 0. The normalized spacial score (nSPS) is 14.4. The molecule has 0 bridgehead atoms. The topological polar surface area (TPSA) is 149 Å². The minimum absolute atomic E-state index is 0.170. The molecule has 0 saturated heterocycles. The second-order valence-electron chi connectivity index (χ2n) is 12.6. The van der Waals surface area contributed by atoms with Crippen molar-refractivity contribution >= 4 is 19.8 Å². The number of phosphoric acid groups is 1. The van der Waals surface area contributed by atoms with E-state index in [1.54, 1.807) is 0 Å². The van der Waals surface area contributed by atoms with Crippen molar-refractivity contribution in [2.24, 2.45) is 0 Å². The van der Waals surface area contributed by atoms with Crippen LogP contribution < -0.4 is 0 Å². The summed E-state index contributed by atoms with van der Waals surface area (Å²) in [5.74, 6) is -0.941. The first-order chi connectivity index (χ1) is 23.2. The first-order valence-electron chi connectivity index (χ1n) is 18.8. The minimum atomic E-state index is -4.61. The zero-order valence-corrected chi connectivity index (χ0v) is 31.1. The fraction of sp³-hybridized carbons (Fsp3) is 0.838. The molecule has 0 aliphatic carbocycles. The number of hydrogen-bond acceptors (Lipinski definition) is 9. The van der Waals surface area contributed by atoms with Crippen LogP contribution >= 0.6 is 7.82 Å². The van der Waals surface area contributed by atoms with Gasteiger partial charge in [0.15, 0.2) is 6.10 Å². The van der Waals surface area contributed by atoms with E-state index in [4.69, 9.17) is 19.1 Å². The predicted molar refractivity (Wildman–Crippen MR) is 191 cm³/mol. The Morgan fingerprint density at radius 2 is 1.10 bits per heavy atom. The lowest BCUT2D eigenvalue weighted by Gasteiger charge is -2.20. The molecule has 0 spiro atoms. The van der Waals surface area contributed by atoms with Gasteiger partial charge < -0.3 is 24.6 Å². The van der Waals surface area contributed by atoms with Crippen LogP contribution in [0.25, 0.3) is 0 Å². The molecule has 3 unspecified atom stereocenters. The molecule has 3 atom stereocenters. The molecule has 0 aromatic carbocycles. The number of phosphoric ester groups is 1. The van der Waals surface area contributed by atoms with Crippen molar-refractivity contribution in [3.05, 3.63) is 24.3 Å². The lowest BCUT2D eigenvalue weighted by molar-refractivity contribution is -0.161. The van der Waals surface area contributed by atoms with E-state index in [1.165, 1.54) is 57.8 Å². The van der Waals surface area contributed by atoms with Gasteiger partial charge in [0.25, 0.3) is 0 Å². The molecule has 0 radical (unpaired) electrons. The maximum absolute atomic E-state index is 12.5. The number of aliphatic hydroxyl groups excluding tert-OH is 2. The number of esters is 2. The van der Waals surface area contributed by atoms with Crippen molar-refractivity contribution in [1.82, 2.24) is 0 Å². The SMILES string of the molecule is CCCC/C=C\C/C=C\CCCCCCCC(=O)OC(COC(=O)CCCCCCCCCCCCC)COP(=O)(O)OCC(O)CO. The summed E-state index contributed by atoms with van der Waals surface area (Å²) in [5, 5.41) is 18.2. The Balaban J connectivity index is 4.40. The second-order valence-corrected chi connectivity index (χ2v) is 14.1. The minimum Gasteiger partial charge on any atom is -0.462 e. The van der Waals surface area contributed by atoms with Gasteiger partial charge in [-0.1, -0.05) is 134 Å². The largest absolute Gasteiger partial charge is 0.472 e. The Bertz CT molecular complexity index is 863. The number of ether oxygens (including phenoxy) is 2. The number of rotatable bonds is 35. The van der Waals surface area contributed by atoms with Crippen molar-refractivity contribution in [3.8, 4) is 0 Å². The van der Waals surface area contributed by atoms with E-state index < -0.39 is 51.8 Å². The summed E-state index contributed by atoms with van der Waals surface area (Å²) in [6.07, 6.45) is 30.0. The van der Waals surface area contributed by atoms with Crippen molar-refractivity contribution in [2.45, 2.75) is 174 Å². The van der Waals surface area contributed by atoms with Crippen LogP contribution in [0.4, 0.5) is 0 Å². The van der Waals surface area contributed by atoms with E-state index in [0.717, 1.165) is 64.2 Å². The molecule has 0 fully saturated rings. The fourth-order valence-electron chi connectivity index (χ4n) is 4.89. The van der Waals surface area contributed by atoms with Gasteiger partial charge in [-0.25, -0.2) is 4.57 Å². The first-order valence-corrected chi connectivity index (χ1v) is 20.3. The van der Waals surface area contributed by atoms with Crippen LogP contribution in [0.3, 0.4) is 0 Å². The highest BCUT2D eigenvalue weighted by molar-refractivity contribution is 7.47. The molecule has 0 saturated carbocycles. The van der Waals surface area contributed by atoms with Crippen LogP contribution in [-0.2, 0) is 32.7 Å². The monoisotopic (exact) mass is 704 g/mol. The first kappa shape index (κ1) is 46.5. The quantitative estimate of drug-likeness (QED) is 0.0252. The zero-order chi connectivity index (χ0) is 35.6. The Morgan fingerprint density at radius 1 is 0.625 bits per heavy atom. The third-order valence-electron chi connectivity index (χ3n) is 7.86. The Kier molecular flexibility index (Phi) is 32.8. The van der Waals surface area contributed by atoms with Crippen LogP contribution in [0.2, 0.25) is 0 Å². The van der Waals surface area contributed by atoms with Crippen LogP contribution in [0.5, 0.6) is 0 Å². The van der Waals surface area contributed by atoms with Gasteiger partial charge in [-0.15, -0.1) is 0 Å². The molecule has 0 aromatic heterocycles. The molecule has 0 rings (SSSR count). The van der Waals surface area contributed by atoms with Gasteiger partial charge in [-0.05, 0) is 38.5 Å². The lowest BCUT2D eigenvalue weighted by atomic mass is 10.1. The van der Waals surface area contributed by atoms with Gasteiger partial charge in [0.05, 0.1) is 19.8 Å². The molecule has 0 heterocycles. The molecule has 0 amide bonds. The highest BCUT2D eigenvalue weighted by atomic mass is 31.2. The van der Waals surface area contributed by atoms with Crippen LogP contribution in [0, 0.1) is 0 Å². The van der Waals surface area contributed by atoms with Crippen molar-refractivity contribution in [1.29, 1.82) is 0 Å². The van der Waals surface area contributed by atoms with Gasteiger partial charge in [0.1, 0.15) is 12.7 Å². The van der Waals surface area contributed by atoms with Crippen molar-refractivity contribution < 1.29 is 47.8 Å². The van der Waals surface area contributed by atoms with E-state index in [9.17, 15) is 24.2 Å². The maximum Gasteiger partial charge on any atom is 0.472 e. The van der Waals surface area contributed by atoms with E-state index in [1.807, 2.05) is 0 Å². The summed E-state index contributed by atoms with van der Waals surface area (Å²) in [6.45, 7) is 2.30. The number of aliphatic hydroxyl groups is 2. The van der Waals surface area contributed by atoms with Crippen molar-refractivity contribution in [3.63, 3.8) is 0 Å². The van der Waals surface area contributed by atoms with E-state index in [2.05, 4.69) is 42.7 Å². The van der Waals surface area contributed by atoms with Gasteiger partial charge in [-0.3, -0.25) is 18.6 Å². The van der Waals surface area contributed by atoms with Crippen molar-refractivity contribution in [2.75, 3.05) is 26.4 Å². The van der Waals surface area contributed by atoms with Crippen LogP contribution in [0.1, 0.15) is 162 Å². The van der Waals surface area contributed by atoms with Crippen LogP contribution in [0.15, 0.2) is 24.3 Å². The van der Waals surface area contributed by atoms with Gasteiger partial charge >= 0.3 is 19.8 Å². The summed E-state index contributed by atoms with van der Waals surface area (Å²) in [7, 11) is -4.61. The number of hydrogen-bond donors (Lipinski definition) is 3. The fourth-order valence-corrected chi connectivity index (χ4v) is 5.68. The van der Waals surface area contributed by atoms with Gasteiger partial charge in [-0.2, -0.15) is 0 Å². The number of unbranched alkanes of at least 4 members (excludes halogenated alkanes) is 17. The maximum atomic E-state index is 12.5. The molecule has 0 aliphatic heterocycles. The second kappa shape index (κ2) is 33.9. The smallest absolute Gasteiger partial charge is 0.462 e. The average molecular weight is 705 g/mol. The predicted octanol–water partition coefficient (Wildman–Crippen LogP) is 9.05. The van der Waals surface area contributed by atoms with E-state index in [-0.39, 0.29) is 19.4 Å². The highest BCUT2D eigenvalue weighted by Gasteiger charge is 2.27. The number of carbonyl (C=O) groups excluding carboxylic acids is 2. The highest BCUT2D eigenvalue weighted by Crippen LogP contribution is 2.43. The Hall–Kier alpha value is -1.55. The molecule has 11 heteroatoms. The van der Waals surface area contributed by atoms with Crippen LogP contribution in [-0.4, -0.2) is 65.7 Å².